The molecule has 1 amide bonds. The number of rotatable bonds is 4. The number of hydrogen-bond acceptors (Lipinski definition) is 4. The van der Waals surface area contributed by atoms with Gasteiger partial charge in [-0.2, -0.15) is 4.99 Å². The fourth-order valence-electron chi connectivity index (χ4n) is 2.96. The zero-order chi connectivity index (χ0) is 17.3. The van der Waals surface area contributed by atoms with Crippen molar-refractivity contribution in [1.82, 2.24) is 0 Å². The molecule has 130 valence electrons. The van der Waals surface area contributed by atoms with Gasteiger partial charge >= 0.3 is 0 Å². The quantitative estimate of drug-likeness (QED) is 0.815. The Bertz CT molecular complexity index is 762. The lowest BCUT2D eigenvalue weighted by Gasteiger charge is -2.24. The summed E-state index contributed by atoms with van der Waals surface area (Å²) in [5.74, 6) is -0.445. The molecule has 1 aromatic rings. The largest absolute Gasteiger partial charge is 0.316 e. The lowest BCUT2D eigenvalue weighted by molar-refractivity contribution is -0.117. The second kappa shape index (κ2) is 6.84. The summed E-state index contributed by atoms with van der Waals surface area (Å²) >= 11 is 1.33. The average Bonchev–Trinajstić information content (AvgIpc) is 2.97. The highest BCUT2D eigenvalue weighted by molar-refractivity contribution is 8.16. The molecule has 0 bridgehead atoms. The van der Waals surface area contributed by atoms with Crippen LogP contribution in [-0.2, 0) is 14.6 Å². The van der Waals surface area contributed by atoms with Crippen LogP contribution in [0.3, 0.4) is 0 Å². The summed E-state index contributed by atoms with van der Waals surface area (Å²) in [5.41, 5.74) is 0.663. The van der Waals surface area contributed by atoms with E-state index in [9.17, 15) is 17.6 Å². The number of halogens is 1. The van der Waals surface area contributed by atoms with Crippen molar-refractivity contribution in [2.75, 3.05) is 16.4 Å². The highest BCUT2D eigenvalue weighted by atomic mass is 32.2. The van der Waals surface area contributed by atoms with Gasteiger partial charge in [-0.05, 0) is 30.7 Å². The topological polar surface area (TPSA) is 66.8 Å². The van der Waals surface area contributed by atoms with Crippen LogP contribution in [0.1, 0.15) is 26.2 Å². The van der Waals surface area contributed by atoms with Crippen molar-refractivity contribution < 1.29 is 17.6 Å². The summed E-state index contributed by atoms with van der Waals surface area (Å²) < 4.78 is 37.1. The number of thioether (sulfide) groups is 1. The van der Waals surface area contributed by atoms with Crippen LogP contribution in [0.15, 0.2) is 29.3 Å². The minimum atomic E-state index is -3.10. The van der Waals surface area contributed by atoms with E-state index in [0.29, 0.717) is 17.3 Å². The van der Waals surface area contributed by atoms with Crippen molar-refractivity contribution in [1.29, 1.82) is 0 Å². The standard InChI is InChI=1S/C16H19FN2O3S2/c1-2-3-4-15(20)18-16-19(12-7-5-11(17)6-8-12)13-9-24(21,22)10-14(13)23-16/h5-8,13-14H,2-4,9-10H2,1H3/t13-,14+/m0/s1. The number of hydrogen-bond donors (Lipinski definition) is 0. The number of carbonyl (C=O) groups is 1. The van der Waals surface area contributed by atoms with Gasteiger partial charge in [0.05, 0.1) is 17.5 Å². The first-order chi connectivity index (χ1) is 11.4. The number of sulfone groups is 1. The Morgan fingerprint density at radius 2 is 2.04 bits per heavy atom. The van der Waals surface area contributed by atoms with Crippen LogP contribution in [0.25, 0.3) is 0 Å². The number of amidine groups is 1. The maximum atomic E-state index is 13.2. The van der Waals surface area contributed by atoms with Crippen LogP contribution in [0, 0.1) is 5.82 Å². The molecule has 2 fully saturated rings. The monoisotopic (exact) mass is 370 g/mol. The van der Waals surface area contributed by atoms with Crippen molar-refractivity contribution >= 4 is 38.4 Å². The number of amides is 1. The maximum absolute atomic E-state index is 13.2. The first kappa shape index (κ1) is 17.4. The summed E-state index contributed by atoms with van der Waals surface area (Å²) in [4.78, 5) is 18.0. The van der Waals surface area contributed by atoms with E-state index in [-0.39, 0.29) is 34.5 Å². The summed E-state index contributed by atoms with van der Waals surface area (Å²) in [6.07, 6.45) is 2.07. The number of nitrogens with zero attached hydrogens (tertiary/aromatic N) is 2. The molecule has 8 heteroatoms. The van der Waals surface area contributed by atoms with Gasteiger partial charge in [0.25, 0.3) is 0 Å². The van der Waals surface area contributed by atoms with Crippen LogP contribution in [0.2, 0.25) is 0 Å². The molecule has 0 N–H and O–H groups in total. The van der Waals surface area contributed by atoms with E-state index < -0.39 is 9.84 Å². The first-order valence-electron chi connectivity index (χ1n) is 7.93. The number of unbranched alkanes of at least 4 members (excludes halogenated alkanes) is 1. The van der Waals surface area contributed by atoms with Gasteiger partial charge in [0.1, 0.15) is 5.82 Å². The fourth-order valence-corrected chi connectivity index (χ4v) is 6.89. The van der Waals surface area contributed by atoms with Crippen molar-refractivity contribution in [2.45, 2.75) is 37.5 Å². The molecule has 24 heavy (non-hydrogen) atoms. The highest BCUT2D eigenvalue weighted by Crippen LogP contribution is 2.41. The van der Waals surface area contributed by atoms with Crippen molar-refractivity contribution in [3.8, 4) is 0 Å². The van der Waals surface area contributed by atoms with Crippen LogP contribution in [0.5, 0.6) is 0 Å². The van der Waals surface area contributed by atoms with Gasteiger partial charge in [0.15, 0.2) is 15.0 Å². The summed E-state index contributed by atoms with van der Waals surface area (Å²) in [6, 6.07) is 5.58. The molecular formula is C16H19FN2O3S2. The van der Waals surface area contributed by atoms with Gasteiger partial charge in [-0.25, -0.2) is 12.8 Å². The lowest BCUT2D eigenvalue weighted by Crippen LogP contribution is -2.37. The maximum Gasteiger partial charge on any atom is 0.248 e. The van der Waals surface area contributed by atoms with Crippen molar-refractivity contribution in [3.05, 3.63) is 30.1 Å². The normalized spacial score (nSPS) is 26.8. The van der Waals surface area contributed by atoms with Gasteiger partial charge in [-0.3, -0.25) is 4.79 Å². The molecule has 0 unspecified atom stereocenters. The molecule has 2 saturated heterocycles. The Morgan fingerprint density at radius 1 is 1.33 bits per heavy atom. The third kappa shape index (κ3) is 3.64. The van der Waals surface area contributed by atoms with E-state index in [1.54, 1.807) is 17.0 Å². The summed E-state index contributed by atoms with van der Waals surface area (Å²) in [6.45, 7) is 2.00. The molecule has 1 aromatic carbocycles. The Morgan fingerprint density at radius 3 is 2.71 bits per heavy atom. The van der Waals surface area contributed by atoms with E-state index in [4.69, 9.17) is 0 Å². The van der Waals surface area contributed by atoms with Crippen molar-refractivity contribution in [2.24, 2.45) is 4.99 Å². The minimum Gasteiger partial charge on any atom is -0.316 e. The fraction of sp³-hybridized carbons (Fsp3) is 0.500. The van der Waals surface area contributed by atoms with Crippen LogP contribution >= 0.6 is 11.8 Å². The minimum absolute atomic E-state index is 0.0320. The molecule has 2 heterocycles. The SMILES string of the molecule is CCCCC(=O)N=C1S[C@@H]2CS(=O)(=O)C[C@@H]2N1c1ccc(F)cc1. The van der Waals surface area contributed by atoms with Crippen LogP contribution < -0.4 is 4.90 Å². The van der Waals surface area contributed by atoms with Gasteiger partial charge < -0.3 is 4.90 Å². The van der Waals surface area contributed by atoms with Gasteiger partial charge in [-0.15, -0.1) is 0 Å². The Hall–Kier alpha value is -1.41. The number of benzene rings is 1. The molecule has 2 aliphatic heterocycles. The van der Waals surface area contributed by atoms with E-state index in [1.165, 1.54) is 23.9 Å². The molecule has 5 nitrogen and oxygen atoms in total. The summed E-state index contributed by atoms with van der Waals surface area (Å²) in [5, 5.41) is 0.380. The van der Waals surface area contributed by atoms with E-state index in [0.717, 1.165) is 12.8 Å². The molecule has 0 saturated carbocycles. The molecule has 3 rings (SSSR count). The molecule has 0 radical (unpaired) electrons. The third-order valence-corrected chi connectivity index (χ3v) is 7.35. The number of anilines is 1. The predicted octanol–water partition coefficient (Wildman–Crippen LogP) is 2.62. The smallest absolute Gasteiger partial charge is 0.248 e. The summed E-state index contributed by atoms with van der Waals surface area (Å²) in [7, 11) is -3.10. The zero-order valence-corrected chi connectivity index (χ0v) is 14.9. The molecule has 2 aliphatic rings. The Balaban J connectivity index is 1.92. The molecule has 0 aromatic heterocycles. The lowest BCUT2D eigenvalue weighted by atomic mass is 10.2. The zero-order valence-electron chi connectivity index (χ0n) is 13.3. The van der Waals surface area contributed by atoms with Gasteiger partial charge in [0, 0.05) is 17.4 Å². The Labute approximate surface area is 145 Å². The number of carbonyl (C=O) groups excluding carboxylic acids is 1. The Kier molecular flexibility index (Phi) is 4.96. The van der Waals surface area contributed by atoms with Gasteiger partial charge in [-0.1, -0.05) is 25.1 Å². The van der Waals surface area contributed by atoms with E-state index in [1.807, 2.05) is 6.92 Å². The molecular weight excluding hydrogens is 351 g/mol. The van der Waals surface area contributed by atoms with Gasteiger partial charge in [0.2, 0.25) is 5.91 Å². The molecule has 0 aliphatic carbocycles. The number of fused-ring (bicyclic) bond motifs is 1. The van der Waals surface area contributed by atoms with Crippen LogP contribution in [0.4, 0.5) is 10.1 Å². The average molecular weight is 370 g/mol. The molecule has 2 atom stereocenters. The number of aliphatic imine (C=N–C) groups is 1. The van der Waals surface area contributed by atoms with Crippen molar-refractivity contribution in [3.63, 3.8) is 0 Å². The molecule has 0 spiro atoms. The third-order valence-electron chi connectivity index (χ3n) is 4.14. The van der Waals surface area contributed by atoms with E-state index in [2.05, 4.69) is 4.99 Å². The first-order valence-corrected chi connectivity index (χ1v) is 10.6. The highest BCUT2D eigenvalue weighted by Gasteiger charge is 2.49. The predicted molar refractivity (Wildman–Crippen MR) is 94.7 cm³/mol. The van der Waals surface area contributed by atoms with Crippen LogP contribution in [-0.4, -0.2) is 42.3 Å². The second-order valence-corrected chi connectivity index (χ2v) is 9.40. The van der Waals surface area contributed by atoms with E-state index >= 15 is 0 Å². The second-order valence-electron chi connectivity index (χ2n) is 6.04.